The van der Waals surface area contributed by atoms with Gasteiger partial charge >= 0.3 is 12.1 Å². The van der Waals surface area contributed by atoms with Crippen molar-refractivity contribution in [2.45, 2.75) is 58.2 Å². The summed E-state index contributed by atoms with van der Waals surface area (Å²) in [5, 5.41) is 27.6. The summed E-state index contributed by atoms with van der Waals surface area (Å²) in [4.78, 5) is 37.8. The van der Waals surface area contributed by atoms with E-state index < -0.39 is 17.3 Å². The Morgan fingerprint density at radius 2 is 1.88 bits per heavy atom. The van der Waals surface area contributed by atoms with Gasteiger partial charge in [-0.3, -0.25) is 0 Å². The molecule has 1 aliphatic heterocycles. The molecule has 1 unspecified atom stereocenters. The van der Waals surface area contributed by atoms with Crippen molar-refractivity contribution in [2.24, 2.45) is 4.99 Å². The number of aliphatic hydroxyl groups is 1. The van der Waals surface area contributed by atoms with E-state index in [4.69, 9.17) is 13.9 Å². The number of carbonyl (C=O) groups excluding carboxylic acids is 2. The van der Waals surface area contributed by atoms with Gasteiger partial charge in [-0.15, -0.1) is 10.2 Å². The number of nitrogens with one attached hydrogen (secondary N) is 3. The second-order valence-corrected chi connectivity index (χ2v) is 12.6. The molecular weight excluding hydrogens is 616 g/mol. The number of aliphatic hydroxyl groups excluding tert-OH is 1. The van der Waals surface area contributed by atoms with Crippen LogP contribution in [0.15, 0.2) is 64.1 Å². The molecule has 3 heterocycles. The van der Waals surface area contributed by atoms with E-state index in [1.807, 2.05) is 71.0 Å². The van der Waals surface area contributed by atoms with E-state index in [1.54, 1.807) is 24.5 Å². The lowest BCUT2D eigenvalue weighted by atomic mass is 9.95. The Morgan fingerprint density at radius 1 is 1.08 bits per heavy atom. The Hall–Kier alpha value is -5.21. The van der Waals surface area contributed by atoms with E-state index in [-0.39, 0.29) is 36.2 Å². The molecule has 2 aromatic carbocycles. The minimum atomic E-state index is -0.761. The number of hydrogen-bond acceptors (Lipinski definition) is 13. The highest BCUT2D eigenvalue weighted by Crippen LogP contribution is 2.38. The van der Waals surface area contributed by atoms with Crippen molar-refractivity contribution in [3.8, 4) is 11.5 Å². The van der Waals surface area contributed by atoms with E-state index in [1.165, 1.54) is 0 Å². The van der Waals surface area contributed by atoms with Crippen LogP contribution in [0.25, 0.3) is 11.5 Å². The molecule has 1 amide bonds. The number of fused-ring (bicyclic) bond motifs is 1. The standard InChI is InChI=1S/C34H40N8O6/c1-33(2,3)48-32(45)36-16-15-35-14-13-27-41-42-29(46-27)25-19-38-31(39-23-11-12-24-26(17-23)34(4,5)47-30(24)44)40-28(25)37-18-22(20-43)21-9-7-6-8-10-21/h6-12,17-19,22,35,43H,13-16,20H2,1-5H3,(H,36,45)(H,38,39,40). The molecule has 14 nitrogen and oxygen atoms in total. The number of rotatable bonds is 13. The van der Waals surface area contributed by atoms with Crippen molar-refractivity contribution in [3.05, 3.63) is 77.3 Å². The highest BCUT2D eigenvalue weighted by Gasteiger charge is 2.37. The zero-order valence-electron chi connectivity index (χ0n) is 27.6. The summed E-state index contributed by atoms with van der Waals surface area (Å²) in [6, 6.07) is 14.8. The summed E-state index contributed by atoms with van der Waals surface area (Å²) in [6.45, 7) is 10.4. The number of cyclic esters (lactones) is 1. The van der Waals surface area contributed by atoms with Gasteiger partial charge in [0, 0.05) is 55.6 Å². The molecule has 14 heteroatoms. The molecule has 0 bridgehead atoms. The molecule has 252 valence electrons. The number of alkyl carbamates (subject to hydrolysis) is 1. The summed E-state index contributed by atoms with van der Waals surface area (Å²) in [7, 11) is 0. The third kappa shape index (κ3) is 8.77. The zero-order chi connectivity index (χ0) is 34.3. The maximum atomic E-state index is 12.2. The zero-order valence-corrected chi connectivity index (χ0v) is 27.6. The van der Waals surface area contributed by atoms with Gasteiger partial charge in [0.05, 0.1) is 12.2 Å². The lowest BCUT2D eigenvalue weighted by molar-refractivity contribution is 0.00951. The average molecular weight is 657 g/mol. The van der Waals surface area contributed by atoms with Gasteiger partial charge < -0.3 is 34.9 Å². The molecule has 4 N–H and O–H groups in total. The predicted octanol–water partition coefficient (Wildman–Crippen LogP) is 4.81. The van der Waals surface area contributed by atoms with Crippen molar-refractivity contribution < 1.29 is 28.6 Å². The van der Waals surface area contributed by atoms with E-state index >= 15 is 0 Å². The Kier molecular flexibility index (Phi) is 10.4. The third-order valence-corrected chi connectivity index (χ3v) is 7.24. The molecular formula is C34H40N8O6. The van der Waals surface area contributed by atoms with Gasteiger partial charge in [0.25, 0.3) is 5.89 Å². The smallest absolute Gasteiger partial charge is 0.407 e. The van der Waals surface area contributed by atoms with Crippen molar-refractivity contribution in [1.29, 1.82) is 0 Å². The van der Waals surface area contributed by atoms with Crippen LogP contribution >= 0.6 is 0 Å². The van der Waals surface area contributed by atoms with Crippen LogP contribution in [-0.2, 0) is 21.5 Å². The first-order chi connectivity index (χ1) is 22.9. The van der Waals surface area contributed by atoms with Crippen LogP contribution in [-0.4, -0.2) is 75.4 Å². The number of benzene rings is 2. The number of aromatic nitrogens is 4. The van der Waals surface area contributed by atoms with Crippen molar-refractivity contribution in [1.82, 2.24) is 30.8 Å². The third-order valence-electron chi connectivity index (χ3n) is 7.24. The summed E-state index contributed by atoms with van der Waals surface area (Å²) in [5.41, 5.74) is 1.92. The molecule has 0 saturated carbocycles. The summed E-state index contributed by atoms with van der Waals surface area (Å²) in [6.07, 6.45) is 3.14. The fraction of sp³-hybridized carbons (Fsp3) is 0.382. The Bertz CT molecular complexity index is 1770. The fourth-order valence-corrected chi connectivity index (χ4v) is 4.90. The Balaban J connectivity index is 1.31. The van der Waals surface area contributed by atoms with Gasteiger partial charge in [0.1, 0.15) is 16.8 Å². The van der Waals surface area contributed by atoms with Crippen LogP contribution in [0.2, 0.25) is 0 Å². The quantitative estimate of drug-likeness (QED) is 0.0875. The first-order valence-electron chi connectivity index (χ1n) is 15.6. The monoisotopic (exact) mass is 656 g/mol. The van der Waals surface area contributed by atoms with E-state index in [0.29, 0.717) is 48.8 Å². The van der Waals surface area contributed by atoms with Gasteiger partial charge in [-0.25, -0.2) is 19.6 Å². The number of ether oxygens (including phenoxy) is 2. The highest BCUT2D eigenvalue weighted by atomic mass is 16.6. The van der Waals surface area contributed by atoms with Crippen LogP contribution in [0, 0.1) is 0 Å². The fourth-order valence-electron chi connectivity index (χ4n) is 4.90. The molecule has 2 aromatic heterocycles. The molecule has 48 heavy (non-hydrogen) atoms. The Morgan fingerprint density at radius 3 is 2.62 bits per heavy atom. The van der Waals surface area contributed by atoms with Crippen molar-refractivity contribution in [3.63, 3.8) is 0 Å². The lowest BCUT2D eigenvalue weighted by Crippen LogP contribution is -2.36. The topological polar surface area (TPSA) is 186 Å². The number of anilines is 2. The second-order valence-electron chi connectivity index (χ2n) is 12.6. The number of hydrogen-bond donors (Lipinski definition) is 4. The molecule has 0 fully saturated rings. The van der Waals surface area contributed by atoms with Gasteiger partial charge in [-0.1, -0.05) is 30.3 Å². The first kappa shape index (κ1) is 34.1. The molecule has 4 aromatic rings. The summed E-state index contributed by atoms with van der Waals surface area (Å²) in [5.74, 6) is 0.341. The first-order valence-corrected chi connectivity index (χ1v) is 15.6. The second kappa shape index (κ2) is 14.7. The van der Waals surface area contributed by atoms with Gasteiger partial charge in [-0.2, -0.15) is 4.98 Å². The van der Waals surface area contributed by atoms with Gasteiger partial charge in [0.15, 0.2) is 5.82 Å². The van der Waals surface area contributed by atoms with Gasteiger partial charge in [0.2, 0.25) is 11.8 Å². The highest BCUT2D eigenvalue weighted by molar-refractivity contribution is 5.95. The molecule has 0 radical (unpaired) electrons. The minimum absolute atomic E-state index is 0.157. The van der Waals surface area contributed by atoms with Crippen LogP contribution in [0.5, 0.6) is 0 Å². The summed E-state index contributed by atoms with van der Waals surface area (Å²) >= 11 is 0. The maximum absolute atomic E-state index is 12.2. The molecule has 0 aliphatic carbocycles. The Labute approximate surface area is 278 Å². The normalized spacial score (nSPS) is 14.4. The minimum Gasteiger partial charge on any atom is -0.451 e. The SMILES string of the molecule is CC(C)(C)OC(=O)NCCNCCc1nnc(-c2cnc(Nc3ccc4c(c3)C(C)(C)OC4=O)nc2N=CC(CO)c2ccccc2)o1. The van der Waals surface area contributed by atoms with E-state index in [2.05, 4.69) is 41.1 Å². The summed E-state index contributed by atoms with van der Waals surface area (Å²) < 4.78 is 16.7. The molecule has 1 aliphatic rings. The van der Waals surface area contributed by atoms with Crippen LogP contribution in [0.1, 0.15) is 67.9 Å². The number of amides is 1. The van der Waals surface area contributed by atoms with Crippen LogP contribution in [0.4, 0.5) is 22.2 Å². The van der Waals surface area contributed by atoms with Gasteiger partial charge in [-0.05, 0) is 58.4 Å². The average Bonchev–Trinajstić information content (AvgIpc) is 3.59. The van der Waals surface area contributed by atoms with Crippen LogP contribution in [0.3, 0.4) is 0 Å². The molecule has 5 rings (SSSR count). The number of carbonyl (C=O) groups is 2. The van der Waals surface area contributed by atoms with E-state index in [9.17, 15) is 14.7 Å². The number of aliphatic imine (C=N–C) groups is 1. The predicted molar refractivity (Wildman–Crippen MR) is 179 cm³/mol. The lowest BCUT2D eigenvalue weighted by Gasteiger charge is -2.19. The molecule has 1 atom stereocenters. The number of esters is 1. The van der Waals surface area contributed by atoms with Crippen molar-refractivity contribution >= 4 is 35.7 Å². The molecule has 0 spiro atoms. The van der Waals surface area contributed by atoms with Crippen molar-refractivity contribution in [2.75, 3.05) is 31.6 Å². The number of nitrogens with zero attached hydrogens (tertiary/aromatic N) is 5. The maximum Gasteiger partial charge on any atom is 0.407 e. The van der Waals surface area contributed by atoms with E-state index in [0.717, 1.165) is 11.1 Å². The van der Waals surface area contributed by atoms with Crippen LogP contribution < -0.4 is 16.0 Å². The molecule has 0 saturated heterocycles. The largest absolute Gasteiger partial charge is 0.451 e.